The molecule has 5 nitrogen and oxygen atoms in total. The molecular formula is C14H20N2O3. The Hall–Kier alpha value is -1.75. The van der Waals surface area contributed by atoms with Gasteiger partial charge in [-0.1, -0.05) is 6.92 Å². The summed E-state index contributed by atoms with van der Waals surface area (Å²) in [6.07, 6.45) is 0.892. The van der Waals surface area contributed by atoms with Crippen LogP contribution in [0.15, 0.2) is 18.2 Å². The van der Waals surface area contributed by atoms with Gasteiger partial charge in [0.2, 0.25) is 0 Å². The van der Waals surface area contributed by atoms with Gasteiger partial charge in [-0.15, -0.1) is 0 Å². The van der Waals surface area contributed by atoms with Crippen LogP contribution in [0.4, 0.5) is 0 Å². The minimum atomic E-state index is -0.338. The zero-order valence-electron chi connectivity index (χ0n) is 11.3. The fraction of sp³-hybridized carbons (Fsp3) is 0.500. The molecule has 0 aliphatic carbocycles. The van der Waals surface area contributed by atoms with E-state index >= 15 is 0 Å². The number of phenols is 2. The minimum absolute atomic E-state index is 0.0284. The lowest BCUT2D eigenvalue weighted by molar-refractivity contribution is 0.0881. The first-order valence-corrected chi connectivity index (χ1v) is 6.48. The molecule has 1 aromatic rings. The summed E-state index contributed by atoms with van der Waals surface area (Å²) < 4.78 is 0. The van der Waals surface area contributed by atoms with E-state index < -0.39 is 0 Å². The van der Waals surface area contributed by atoms with Crippen molar-refractivity contribution in [2.24, 2.45) is 5.92 Å². The third kappa shape index (κ3) is 3.17. The monoisotopic (exact) mass is 264 g/mol. The number of rotatable bonds is 2. The number of phenolic OH excluding ortho intramolecular Hbond substituents is 2. The number of hydrogen-bond acceptors (Lipinski definition) is 4. The fourth-order valence-electron chi connectivity index (χ4n) is 2.52. The van der Waals surface area contributed by atoms with E-state index in [0.717, 1.165) is 19.5 Å². The molecule has 2 unspecified atom stereocenters. The Morgan fingerprint density at radius 2 is 2.16 bits per heavy atom. The highest BCUT2D eigenvalue weighted by Crippen LogP contribution is 2.23. The molecule has 0 bridgehead atoms. The predicted octanol–water partition coefficient (Wildman–Crippen LogP) is 1.17. The summed E-state index contributed by atoms with van der Waals surface area (Å²) in [5.74, 6) is -0.118. The SMILES string of the molecule is CC1CN(C)CCC1NC(=O)c1cc(O)ccc1O. The Morgan fingerprint density at radius 3 is 2.84 bits per heavy atom. The van der Waals surface area contributed by atoms with Gasteiger partial charge in [-0.25, -0.2) is 0 Å². The average molecular weight is 264 g/mol. The third-order valence-electron chi connectivity index (χ3n) is 3.65. The van der Waals surface area contributed by atoms with Crippen molar-refractivity contribution in [1.82, 2.24) is 10.2 Å². The lowest BCUT2D eigenvalue weighted by Gasteiger charge is -2.35. The summed E-state index contributed by atoms with van der Waals surface area (Å²) in [6, 6.07) is 4.06. The Kier molecular flexibility index (Phi) is 3.95. The number of amides is 1. The van der Waals surface area contributed by atoms with Crippen molar-refractivity contribution in [3.05, 3.63) is 23.8 Å². The van der Waals surface area contributed by atoms with Gasteiger partial charge >= 0.3 is 0 Å². The highest BCUT2D eigenvalue weighted by Gasteiger charge is 2.26. The first-order valence-electron chi connectivity index (χ1n) is 6.48. The van der Waals surface area contributed by atoms with Crippen LogP contribution in [0, 0.1) is 5.92 Å². The van der Waals surface area contributed by atoms with E-state index in [2.05, 4.69) is 24.2 Å². The van der Waals surface area contributed by atoms with Crippen molar-refractivity contribution in [2.45, 2.75) is 19.4 Å². The molecule has 2 atom stereocenters. The molecular weight excluding hydrogens is 244 g/mol. The summed E-state index contributed by atoms with van der Waals surface area (Å²) in [7, 11) is 2.07. The molecule has 1 aliphatic heterocycles. The number of carbonyl (C=O) groups is 1. The molecule has 0 saturated carbocycles. The van der Waals surface area contributed by atoms with Gasteiger partial charge in [0.05, 0.1) is 5.56 Å². The molecule has 5 heteroatoms. The van der Waals surface area contributed by atoms with E-state index in [-0.39, 0.29) is 29.0 Å². The van der Waals surface area contributed by atoms with Crippen LogP contribution in [0.25, 0.3) is 0 Å². The molecule has 1 saturated heterocycles. The standard InChI is InChI=1S/C14H20N2O3/c1-9-8-16(2)6-5-12(9)15-14(19)11-7-10(17)3-4-13(11)18/h3-4,7,9,12,17-18H,5-6,8H2,1-2H3,(H,15,19). The number of likely N-dealkylation sites (tertiary alicyclic amines) is 1. The molecule has 2 rings (SSSR count). The second-order valence-corrected chi connectivity index (χ2v) is 5.31. The molecule has 19 heavy (non-hydrogen) atoms. The van der Waals surface area contributed by atoms with Gasteiger partial charge in [0, 0.05) is 12.6 Å². The number of nitrogens with one attached hydrogen (secondary N) is 1. The zero-order valence-corrected chi connectivity index (χ0v) is 11.3. The van der Waals surface area contributed by atoms with Crippen molar-refractivity contribution in [1.29, 1.82) is 0 Å². The lowest BCUT2D eigenvalue weighted by Crippen LogP contribution is -2.48. The highest BCUT2D eigenvalue weighted by molar-refractivity contribution is 5.97. The summed E-state index contributed by atoms with van der Waals surface area (Å²) >= 11 is 0. The van der Waals surface area contributed by atoms with E-state index in [1.165, 1.54) is 18.2 Å². The number of hydrogen-bond donors (Lipinski definition) is 3. The number of piperidine rings is 1. The molecule has 0 aromatic heterocycles. The van der Waals surface area contributed by atoms with Crippen LogP contribution in [0.1, 0.15) is 23.7 Å². The number of nitrogens with zero attached hydrogens (tertiary/aromatic N) is 1. The van der Waals surface area contributed by atoms with Gasteiger partial charge in [0.25, 0.3) is 5.91 Å². The van der Waals surface area contributed by atoms with E-state index in [1.807, 2.05) is 0 Å². The molecule has 1 fully saturated rings. The van der Waals surface area contributed by atoms with E-state index in [1.54, 1.807) is 0 Å². The first-order chi connectivity index (χ1) is 8.97. The highest BCUT2D eigenvalue weighted by atomic mass is 16.3. The van der Waals surface area contributed by atoms with Crippen molar-refractivity contribution in [3.8, 4) is 11.5 Å². The second kappa shape index (κ2) is 5.48. The maximum absolute atomic E-state index is 12.1. The van der Waals surface area contributed by atoms with Gasteiger partial charge in [-0.05, 0) is 44.1 Å². The van der Waals surface area contributed by atoms with Crippen LogP contribution in [-0.2, 0) is 0 Å². The fourth-order valence-corrected chi connectivity index (χ4v) is 2.52. The lowest BCUT2D eigenvalue weighted by atomic mass is 9.94. The van der Waals surface area contributed by atoms with Crippen molar-refractivity contribution >= 4 is 5.91 Å². The van der Waals surface area contributed by atoms with Gasteiger partial charge in [0.1, 0.15) is 11.5 Å². The smallest absolute Gasteiger partial charge is 0.255 e. The molecule has 1 amide bonds. The van der Waals surface area contributed by atoms with E-state index in [9.17, 15) is 15.0 Å². The maximum Gasteiger partial charge on any atom is 0.255 e. The minimum Gasteiger partial charge on any atom is -0.508 e. The van der Waals surface area contributed by atoms with Crippen LogP contribution in [0.2, 0.25) is 0 Å². The van der Waals surface area contributed by atoms with E-state index in [4.69, 9.17) is 0 Å². The van der Waals surface area contributed by atoms with Gasteiger partial charge < -0.3 is 20.4 Å². The van der Waals surface area contributed by atoms with Gasteiger partial charge in [0.15, 0.2) is 0 Å². The average Bonchev–Trinajstić information content (AvgIpc) is 2.35. The van der Waals surface area contributed by atoms with Crippen molar-refractivity contribution in [3.63, 3.8) is 0 Å². The summed E-state index contributed by atoms with van der Waals surface area (Å²) in [5, 5.41) is 22.0. The first kappa shape index (κ1) is 13.7. The summed E-state index contributed by atoms with van der Waals surface area (Å²) in [5.41, 5.74) is 0.117. The molecule has 1 aromatic carbocycles. The predicted molar refractivity (Wildman–Crippen MR) is 72.3 cm³/mol. The topological polar surface area (TPSA) is 72.8 Å². The quantitative estimate of drug-likeness (QED) is 0.701. The van der Waals surface area contributed by atoms with Crippen LogP contribution in [0.3, 0.4) is 0 Å². The Balaban J connectivity index is 2.06. The number of carbonyl (C=O) groups excluding carboxylic acids is 1. The molecule has 1 heterocycles. The normalized spacial score (nSPS) is 24.1. The van der Waals surface area contributed by atoms with Crippen molar-refractivity contribution < 1.29 is 15.0 Å². The largest absolute Gasteiger partial charge is 0.508 e. The Morgan fingerprint density at radius 1 is 1.42 bits per heavy atom. The Labute approximate surface area is 112 Å². The van der Waals surface area contributed by atoms with Gasteiger partial charge in [-0.2, -0.15) is 0 Å². The van der Waals surface area contributed by atoms with E-state index in [0.29, 0.717) is 5.92 Å². The van der Waals surface area contributed by atoms with Crippen LogP contribution in [-0.4, -0.2) is 47.2 Å². The molecule has 1 aliphatic rings. The van der Waals surface area contributed by atoms with Crippen molar-refractivity contribution in [2.75, 3.05) is 20.1 Å². The van der Waals surface area contributed by atoms with Crippen LogP contribution in [0.5, 0.6) is 11.5 Å². The number of aromatic hydroxyl groups is 2. The molecule has 104 valence electrons. The zero-order chi connectivity index (χ0) is 14.0. The third-order valence-corrected chi connectivity index (χ3v) is 3.65. The molecule has 0 spiro atoms. The molecule has 3 N–H and O–H groups in total. The number of benzene rings is 1. The summed E-state index contributed by atoms with van der Waals surface area (Å²) in [6.45, 7) is 3.99. The molecule has 0 radical (unpaired) electrons. The van der Waals surface area contributed by atoms with Crippen LogP contribution < -0.4 is 5.32 Å². The maximum atomic E-state index is 12.1. The van der Waals surface area contributed by atoms with Crippen LogP contribution >= 0.6 is 0 Å². The second-order valence-electron chi connectivity index (χ2n) is 5.31. The van der Waals surface area contributed by atoms with Gasteiger partial charge in [-0.3, -0.25) is 4.79 Å². The summed E-state index contributed by atoms with van der Waals surface area (Å²) in [4.78, 5) is 14.4. The Bertz CT molecular complexity index is 476.